The molecule has 0 fully saturated rings. The number of methoxy groups -OCH3 is 1. The number of ether oxygens (including phenoxy) is 1. The quantitative estimate of drug-likeness (QED) is 0.790. The van der Waals surface area contributed by atoms with Crippen LogP contribution in [0.15, 0.2) is 36.5 Å². The Labute approximate surface area is 118 Å². The molecule has 2 rings (SSSR count). The zero-order chi connectivity index (χ0) is 13.8. The number of rotatable bonds is 3. The SMILES string of the molecule is COC(=O)C1CSC(c2ccccc2)=CN1N(C)C. The molecule has 0 saturated carbocycles. The molecule has 1 aliphatic heterocycles. The van der Waals surface area contributed by atoms with Crippen LogP contribution in [0.2, 0.25) is 0 Å². The van der Waals surface area contributed by atoms with Crippen molar-refractivity contribution >= 4 is 22.6 Å². The molecule has 0 N–H and O–H groups in total. The van der Waals surface area contributed by atoms with Gasteiger partial charge in [-0.3, -0.25) is 5.01 Å². The topological polar surface area (TPSA) is 32.8 Å². The highest BCUT2D eigenvalue weighted by molar-refractivity contribution is 8.08. The molecule has 0 spiro atoms. The molecule has 1 unspecified atom stereocenters. The van der Waals surface area contributed by atoms with Crippen molar-refractivity contribution < 1.29 is 9.53 Å². The second-order valence-corrected chi connectivity index (χ2v) is 5.50. The van der Waals surface area contributed by atoms with Gasteiger partial charge in [-0.15, -0.1) is 11.8 Å². The Balaban J connectivity index is 2.28. The molecule has 1 aromatic carbocycles. The zero-order valence-corrected chi connectivity index (χ0v) is 12.2. The smallest absolute Gasteiger partial charge is 0.330 e. The third kappa shape index (κ3) is 3.11. The minimum atomic E-state index is -0.266. The lowest BCUT2D eigenvalue weighted by Gasteiger charge is -2.37. The van der Waals surface area contributed by atoms with Crippen LogP contribution in [0.25, 0.3) is 4.91 Å². The molecule has 1 aliphatic rings. The van der Waals surface area contributed by atoms with Crippen LogP contribution in [0.4, 0.5) is 0 Å². The minimum absolute atomic E-state index is 0.204. The monoisotopic (exact) mass is 278 g/mol. The van der Waals surface area contributed by atoms with Gasteiger partial charge >= 0.3 is 5.97 Å². The highest BCUT2D eigenvalue weighted by Crippen LogP contribution is 2.34. The van der Waals surface area contributed by atoms with Crippen LogP contribution in [0, 0.1) is 0 Å². The maximum atomic E-state index is 11.8. The molecule has 5 heteroatoms. The summed E-state index contributed by atoms with van der Waals surface area (Å²) in [5, 5.41) is 3.83. The number of carbonyl (C=O) groups is 1. The molecule has 0 aromatic heterocycles. The molecule has 102 valence electrons. The highest BCUT2D eigenvalue weighted by atomic mass is 32.2. The van der Waals surface area contributed by atoms with Crippen molar-refractivity contribution in [3.63, 3.8) is 0 Å². The van der Waals surface area contributed by atoms with E-state index in [1.165, 1.54) is 12.7 Å². The standard InChI is InChI=1S/C14H18N2O2S/c1-15(2)16-9-13(11-7-5-4-6-8-11)19-10-12(16)14(17)18-3/h4-9,12H,10H2,1-3H3. The summed E-state index contributed by atoms with van der Waals surface area (Å²) in [6.07, 6.45) is 2.01. The molecule has 0 amide bonds. The Morgan fingerprint density at radius 2 is 2.05 bits per heavy atom. The number of carbonyl (C=O) groups excluding carboxylic acids is 1. The van der Waals surface area contributed by atoms with Gasteiger partial charge in [0, 0.05) is 31.0 Å². The first-order valence-electron chi connectivity index (χ1n) is 6.07. The van der Waals surface area contributed by atoms with Crippen LogP contribution in [-0.2, 0) is 9.53 Å². The van der Waals surface area contributed by atoms with Crippen LogP contribution in [0.3, 0.4) is 0 Å². The first-order chi connectivity index (χ1) is 9.13. The van der Waals surface area contributed by atoms with Gasteiger partial charge in [-0.2, -0.15) is 0 Å². The second-order valence-electron chi connectivity index (χ2n) is 4.44. The van der Waals surface area contributed by atoms with Crippen molar-refractivity contribution in [2.45, 2.75) is 6.04 Å². The maximum absolute atomic E-state index is 11.8. The van der Waals surface area contributed by atoms with E-state index >= 15 is 0 Å². The van der Waals surface area contributed by atoms with Crippen LogP contribution in [0.1, 0.15) is 5.56 Å². The van der Waals surface area contributed by atoms with E-state index in [4.69, 9.17) is 4.74 Å². The van der Waals surface area contributed by atoms with Crippen molar-refractivity contribution in [3.05, 3.63) is 42.1 Å². The summed E-state index contributed by atoms with van der Waals surface area (Å²) in [7, 11) is 5.27. The van der Waals surface area contributed by atoms with E-state index in [1.54, 1.807) is 11.8 Å². The summed E-state index contributed by atoms with van der Waals surface area (Å²) in [6.45, 7) is 0. The number of hydrogen-bond acceptors (Lipinski definition) is 5. The lowest BCUT2D eigenvalue weighted by Crippen LogP contribution is -2.48. The number of benzene rings is 1. The van der Waals surface area contributed by atoms with Crippen molar-refractivity contribution in [2.24, 2.45) is 0 Å². The van der Waals surface area contributed by atoms with Gasteiger partial charge in [0.1, 0.15) is 0 Å². The van der Waals surface area contributed by atoms with E-state index < -0.39 is 0 Å². The summed E-state index contributed by atoms with van der Waals surface area (Å²) < 4.78 is 4.86. The van der Waals surface area contributed by atoms with E-state index in [-0.39, 0.29) is 12.0 Å². The fourth-order valence-corrected chi connectivity index (χ4v) is 3.07. The Morgan fingerprint density at radius 3 is 2.63 bits per heavy atom. The third-order valence-electron chi connectivity index (χ3n) is 2.96. The van der Waals surface area contributed by atoms with E-state index in [0.717, 1.165) is 4.91 Å². The van der Waals surface area contributed by atoms with E-state index in [2.05, 4.69) is 12.1 Å². The Kier molecular flexibility index (Phi) is 4.50. The van der Waals surface area contributed by atoms with E-state index in [9.17, 15) is 4.79 Å². The van der Waals surface area contributed by atoms with Crippen molar-refractivity contribution in [3.8, 4) is 0 Å². The third-order valence-corrected chi connectivity index (χ3v) is 4.09. The van der Waals surface area contributed by atoms with Gasteiger partial charge in [-0.1, -0.05) is 30.3 Å². The average molecular weight is 278 g/mol. The molecule has 1 heterocycles. The number of hydrazine groups is 1. The average Bonchev–Trinajstić information content (AvgIpc) is 2.46. The molecule has 0 saturated heterocycles. The van der Waals surface area contributed by atoms with Crippen LogP contribution in [0.5, 0.6) is 0 Å². The van der Waals surface area contributed by atoms with Crippen LogP contribution >= 0.6 is 11.8 Å². The molecule has 0 aliphatic carbocycles. The van der Waals surface area contributed by atoms with Crippen molar-refractivity contribution in [1.29, 1.82) is 0 Å². The first-order valence-corrected chi connectivity index (χ1v) is 7.05. The van der Waals surface area contributed by atoms with Gasteiger partial charge in [0.05, 0.1) is 7.11 Å². The number of hydrogen-bond donors (Lipinski definition) is 0. The summed E-state index contributed by atoms with van der Waals surface area (Å²) in [5.41, 5.74) is 1.17. The normalized spacial score (nSPS) is 19.3. The van der Waals surface area contributed by atoms with Gasteiger partial charge in [-0.05, 0) is 5.56 Å². The number of thioether (sulfide) groups is 1. The lowest BCUT2D eigenvalue weighted by atomic mass is 10.2. The molecular formula is C14H18N2O2S. The maximum Gasteiger partial charge on any atom is 0.330 e. The van der Waals surface area contributed by atoms with E-state index in [0.29, 0.717) is 5.75 Å². The largest absolute Gasteiger partial charge is 0.467 e. The molecule has 4 nitrogen and oxygen atoms in total. The summed E-state index contributed by atoms with van der Waals surface area (Å²) >= 11 is 1.68. The molecule has 1 aromatic rings. The first kappa shape index (κ1) is 14.0. The van der Waals surface area contributed by atoms with E-state index in [1.807, 2.05) is 48.5 Å². The van der Waals surface area contributed by atoms with Crippen molar-refractivity contribution in [1.82, 2.24) is 10.0 Å². The Morgan fingerprint density at radius 1 is 1.37 bits per heavy atom. The number of nitrogens with zero attached hydrogens (tertiary/aromatic N) is 2. The highest BCUT2D eigenvalue weighted by Gasteiger charge is 2.31. The minimum Gasteiger partial charge on any atom is -0.467 e. The Hall–Kier alpha value is -1.46. The van der Waals surface area contributed by atoms with Gasteiger partial charge < -0.3 is 4.74 Å². The summed E-state index contributed by atoms with van der Waals surface area (Å²) in [6, 6.07) is 9.92. The van der Waals surface area contributed by atoms with Crippen LogP contribution in [-0.4, -0.2) is 49.0 Å². The molecular weight excluding hydrogens is 260 g/mol. The molecule has 1 atom stereocenters. The molecule has 0 bridgehead atoms. The Bertz CT molecular complexity index is 474. The van der Waals surface area contributed by atoms with Gasteiger partial charge in [0.25, 0.3) is 0 Å². The second kappa shape index (κ2) is 6.12. The van der Waals surface area contributed by atoms with Gasteiger partial charge in [0.2, 0.25) is 0 Å². The fourth-order valence-electron chi connectivity index (χ4n) is 1.96. The van der Waals surface area contributed by atoms with Crippen LogP contribution < -0.4 is 0 Å². The summed E-state index contributed by atoms with van der Waals surface area (Å²) in [5.74, 6) is 0.482. The predicted molar refractivity (Wildman–Crippen MR) is 78.2 cm³/mol. The van der Waals surface area contributed by atoms with Gasteiger partial charge in [-0.25, -0.2) is 9.80 Å². The number of esters is 1. The van der Waals surface area contributed by atoms with Crippen molar-refractivity contribution in [2.75, 3.05) is 27.0 Å². The predicted octanol–water partition coefficient (Wildman–Crippen LogP) is 2.05. The van der Waals surface area contributed by atoms with Gasteiger partial charge in [0.15, 0.2) is 6.04 Å². The zero-order valence-electron chi connectivity index (χ0n) is 11.4. The fraction of sp³-hybridized carbons (Fsp3) is 0.357. The molecule has 0 radical (unpaired) electrons. The molecule has 19 heavy (non-hydrogen) atoms. The summed E-state index contributed by atoms with van der Waals surface area (Å²) in [4.78, 5) is 13.0. The lowest BCUT2D eigenvalue weighted by molar-refractivity contribution is -0.149.